The average Bonchev–Trinajstić information content (AvgIpc) is 3.74. The van der Waals surface area contributed by atoms with E-state index in [9.17, 15) is 19.2 Å². The lowest BCUT2D eigenvalue weighted by atomic mass is 9.81. The van der Waals surface area contributed by atoms with Crippen molar-refractivity contribution in [3.63, 3.8) is 0 Å². The van der Waals surface area contributed by atoms with Gasteiger partial charge in [0.1, 0.15) is 0 Å². The predicted molar refractivity (Wildman–Crippen MR) is 158 cm³/mol. The SMILES string of the molecule is O=C(NCC1CCCO1)c1ccc(NC(=O)C2CCC(C(=O)Nc3ccc(C(=O)NCC4CCCO4)cc3)CC2)cc1. The summed E-state index contributed by atoms with van der Waals surface area (Å²) >= 11 is 0. The van der Waals surface area contributed by atoms with Crippen molar-refractivity contribution < 1.29 is 28.7 Å². The highest BCUT2D eigenvalue weighted by atomic mass is 16.5. The third-order valence-corrected chi connectivity index (χ3v) is 8.33. The third-order valence-electron chi connectivity index (χ3n) is 8.33. The Labute approximate surface area is 246 Å². The minimum absolute atomic E-state index is 0.0715. The van der Waals surface area contributed by atoms with Gasteiger partial charge in [-0.1, -0.05) is 0 Å². The van der Waals surface area contributed by atoms with Crippen LogP contribution in [0.25, 0.3) is 0 Å². The van der Waals surface area contributed by atoms with Crippen LogP contribution in [0.1, 0.15) is 72.1 Å². The summed E-state index contributed by atoms with van der Waals surface area (Å²) in [6, 6.07) is 13.7. The molecule has 2 aromatic rings. The van der Waals surface area contributed by atoms with E-state index in [1.54, 1.807) is 48.5 Å². The molecule has 0 radical (unpaired) electrons. The van der Waals surface area contributed by atoms with E-state index in [0.717, 1.165) is 38.9 Å². The molecule has 0 aromatic heterocycles. The fourth-order valence-corrected chi connectivity index (χ4v) is 5.74. The van der Waals surface area contributed by atoms with E-state index in [1.807, 2.05) is 0 Å². The van der Waals surface area contributed by atoms with Gasteiger partial charge >= 0.3 is 0 Å². The topological polar surface area (TPSA) is 135 Å². The largest absolute Gasteiger partial charge is 0.376 e. The molecule has 0 bridgehead atoms. The lowest BCUT2D eigenvalue weighted by molar-refractivity contribution is -0.125. The molecule has 1 saturated carbocycles. The quantitative estimate of drug-likeness (QED) is 0.339. The molecule has 10 heteroatoms. The summed E-state index contributed by atoms with van der Waals surface area (Å²) in [4.78, 5) is 50.5. The van der Waals surface area contributed by atoms with E-state index in [-0.39, 0.29) is 47.7 Å². The van der Waals surface area contributed by atoms with Crippen LogP contribution in [-0.4, -0.2) is 62.1 Å². The van der Waals surface area contributed by atoms with Gasteiger partial charge in [0.2, 0.25) is 11.8 Å². The maximum Gasteiger partial charge on any atom is 0.251 e. The fraction of sp³-hybridized carbons (Fsp3) is 0.500. The summed E-state index contributed by atoms with van der Waals surface area (Å²) in [5.41, 5.74) is 2.34. The zero-order valence-electron chi connectivity index (χ0n) is 23.9. The van der Waals surface area contributed by atoms with Gasteiger partial charge in [0, 0.05) is 60.6 Å². The molecule has 4 amide bonds. The monoisotopic (exact) mass is 576 g/mol. The number of ether oxygens (including phenoxy) is 2. The lowest BCUT2D eigenvalue weighted by Gasteiger charge is -2.27. The molecule has 2 heterocycles. The number of rotatable bonds is 10. The van der Waals surface area contributed by atoms with Crippen molar-refractivity contribution in [2.75, 3.05) is 36.9 Å². The van der Waals surface area contributed by atoms with Crippen LogP contribution in [0.2, 0.25) is 0 Å². The Hall–Kier alpha value is -3.76. The number of benzene rings is 2. The minimum Gasteiger partial charge on any atom is -0.376 e. The summed E-state index contributed by atoms with van der Waals surface area (Å²) < 4.78 is 11.1. The summed E-state index contributed by atoms with van der Waals surface area (Å²) in [5.74, 6) is -0.805. The van der Waals surface area contributed by atoms with Crippen LogP contribution in [0.3, 0.4) is 0 Å². The van der Waals surface area contributed by atoms with E-state index in [1.165, 1.54) is 0 Å². The van der Waals surface area contributed by atoms with Gasteiger partial charge in [-0.2, -0.15) is 0 Å². The summed E-state index contributed by atoms with van der Waals surface area (Å²) in [6.07, 6.45) is 6.64. The number of carbonyl (C=O) groups is 4. The second-order valence-corrected chi connectivity index (χ2v) is 11.4. The van der Waals surface area contributed by atoms with E-state index < -0.39 is 0 Å². The van der Waals surface area contributed by atoms with Gasteiger partial charge < -0.3 is 30.7 Å². The number of nitrogens with one attached hydrogen (secondary N) is 4. The maximum atomic E-state index is 12.9. The molecule has 10 nitrogen and oxygen atoms in total. The first-order valence-electron chi connectivity index (χ1n) is 15.1. The first-order valence-corrected chi connectivity index (χ1v) is 15.1. The number of hydrogen-bond donors (Lipinski definition) is 4. The van der Waals surface area contributed by atoms with Crippen molar-refractivity contribution in [1.82, 2.24) is 10.6 Å². The van der Waals surface area contributed by atoms with Gasteiger partial charge in [-0.15, -0.1) is 0 Å². The second kappa shape index (κ2) is 14.4. The van der Waals surface area contributed by atoms with Crippen LogP contribution in [0, 0.1) is 11.8 Å². The molecule has 224 valence electrons. The average molecular weight is 577 g/mol. The molecule has 3 fully saturated rings. The molecule has 2 atom stereocenters. The van der Waals surface area contributed by atoms with Crippen molar-refractivity contribution in [2.24, 2.45) is 11.8 Å². The molecule has 3 aliphatic rings. The molecule has 4 N–H and O–H groups in total. The number of carbonyl (C=O) groups excluding carboxylic acids is 4. The van der Waals surface area contributed by atoms with E-state index in [2.05, 4.69) is 21.3 Å². The van der Waals surface area contributed by atoms with E-state index >= 15 is 0 Å². The van der Waals surface area contributed by atoms with Gasteiger partial charge in [-0.05, 0) is 99.9 Å². The molecule has 2 unspecified atom stereocenters. The van der Waals surface area contributed by atoms with Crippen molar-refractivity contribution in [1.29, 1.82) is 0 Å². The van der Waals surface area contributed by atoms with Crippen molar-refractivity contribution in [3.8, 4) is 0 Å². The highest BCUT2D eigenvalue weighted by Gasteiger charge is 2.30. The molecule has 2 aromatic carbocycles. The van der Waals surface area contributed by atoms with Crippen LogP contribution < -0.4 is 21.3 Å². The fourth-order valence-electron chi connectivity index (χ4n) is 5.74. The van der Waals surface area contributed by atoms with Gasteiger partial charge in [-0.25, -0.2) is 0 Å². The zero-order chi connectivity index (χ0) is 29.3. The van der Waals surface area contributed by atoms with Gasteiger partial charge in [0.15, 0.2) is 0 Å². The standard InChI is InChI=1S/C32H40N4O6/c37-29(33-19-27-3-1-17-41-27)21-9-13-25(14-10-21)35-31(39)23-5-7-24(8-6-23)32(40)36-26-15-11-22(12-16-26)30(38)34-20-28-4-2-18-42-28/h9-16,23-24,27-28H,1-8,17-20H2,(H,33,37)(H,34,38)(H,35,39)(H,36,40). The highest BCUT2D eigenvalue weighted by molar-refractivity contribution is 5.97. The number of hydrogen-bond acceptors (Lipinski definition) is 6. The Morgan fingerprint density at radius 3 is 1.29 bits per heavy atom. The zero-order valence-corrected chi connectivity index (χ0v) is 23.9. The molecule has 0 spiro atoms. The van der Waals surface area contributed by atoms with Crippen LogP contribution in [-0.2, 0) is 19.1 Å². The number of anilines is 2. The first kappa shape index (κ1) is 29.7. The van der Waals surface area contributed by atoms with Crippen LogP contribution in [0.15, 0.2) is 48.5 Å². The van der Waals surface area contributed by atoms with Gasteiger partial charge in [0.25, 0.3) is 11.8 Å². The molecule has 2 aliphatic heterocycles. The molecule has 1 aliphatic carbocycles. The van der Waals surface area contributed by atoms with Crippen LogP contribution >= 0.6 is 0 Å². The Morgan fingerprint density at radius 2 is 0.952 bits per heavy atom. The first-order chi connectivity index (χ1) is 20.4. The van der Waals surface area contributed by atoms with Crippen LogP contribution in [0.4, 0.5) is 11.4 Å². The molecule has 5 rings (SSSR count). The molecular weight excluding hydrogens is 536 g/mol. The second-order valence-electron chi connectivity index (χ2n) is 11.4. The van der Waals surface area contributed by atoms with Crippen LogP contribution in [0.5, 0.6) is 0 Å². The van der Waals surface area contributed by atoms with Crippen molar-refractivity contribution in [2.45, 2.75) is 63.6 Å². The Kier molecular flexibility index (Phi) is 10.2. The Balaban J connectivity index is 1.01. The van der Waals surface area contributed by atoms with E-state index in [0.29, 0.717) is 61.3 Å². The maximum absolute atomic E-state index is 12.9. The third kappa shape index (κ3) is 8.17. The summed E-state index contributed by atoms with van der Waals surface area (Å²) in [5, 5.41) is 11.7. The van der Waals surface area contributed by atoms with Gasteiger partial charge in [-0.3, -0.25) is 19.2 Å². The molecule has 42 heavy (non-hydrogen) atoms. The van der Waals surface area contributed by atoms with Crippen molar-refractivity contribution >= 4 is 35.0 Å². The minimum atomic E-state index is -0.170. The van der Waals surface area contributed by atoms with E-state index in [4.69, 9.17) is 9.47 Å². The van der Waals surface area contributed by atoms with Crippen molar-refractivity contribution in [3.05, 3.63) is 59.7 Å². The molecular formula is C32H40N4O6. The molecule has 2 saturated heterocycles. The summed E-state index contributed by atoms with van der Waals surface area (Å²) in [7, 11) is 0. The summed E-state index contributed by atoms with van der Waals surface area (Å²) in [6.45, 7) is 2.50. The smallest absolute Gasteiger partial charge is 0.251 e. The Morgan fingerprint density at radius 1 is 0.571 bits per heavy atom. The number of amides is 4. The lowest BCUT2D eigenvalue weighted by Crippen LogP contribution is -2.32. The Bertz CT molecular complexity index is 1130. The normalized spacial score (nSPS) is 23.6. The van der Waals surface area contributed by atoms with Gasteiger partial charge in [0.05, 0.1) is 12.2 Å². The predicted octanol–water partition coefficient (Wildman–Crippen LogP) is 3.89. The highest BCUT2D eigenvalue weighted by Crippen LogP contribution is 2.31.